The fourth-order valence-electron chi connectivity index (χ4n) is 9.35. The molecule has 0 aliphatic rings. The highest BCUT2D eigenvalue weighted by Gasteiger charge is 2.22. The third-order valence-corrected chi connectivity index (χ3v) is 16.0. The van der Waals surface area contributed by atoms with Crippen molar-refractivity contribution in [2.45, 2.75) is 264 Å². The molecule has 0 bridgehead atoms. The molecule has 2 unspecified atom stereocenters. The number of unbranched alkanes of at least 4 members (excludes halogenated alkanes) is 16. The van der Waals surface area contributed by atoms with Crippen molar-refractivity contribution in [3.8, 4) is 0 Å². The van der Waals surface area contributed by atoms with Crippen LogP contribution in [0.1, 0.15) is 258 Å². The highest BCUT2D eigenvalue weighted by atomic mass is 31.2. The number of hydrogen-bond donors (Lipinski definition) is 0. The number of allylic oxidation sites excluding steroid dienone is 36. The molecule has 0 aromatic carbocycles. The van der Waals surface area contributed by atoms with Gasteiger partial charge in [0.25, 0.3) is 7.82 Å². The maximum absolute atomic E-state index is 12.9. The molecule has 538 valence electrons. The first-order chi connectivity index (χ1) is 47.0. The Hall–Kier alpha value is -5.67. The summed E-state index contributed by atoms with van der Waals surface area (Å²) in [7, 11) is 1.12. The lowest BCUT2D eigenvalue weighted by molar-refractivity contribution is -0.870. The van der Waals surface area contributed by atoms with E-state index in [0.717, 1.165) is 173 Å². The molecule has 0 fully saturated rings. The van der Waals surface area contributed by atoms with Gasteiger partial charge in [0.15, 0.2) is 6.10 Å². The molecular formula is C86H136NO8P. The molecule has 2 atom stereocenters. The minimum Gasteiger partial charge on any atom is -0.756 e. The average Bonchev–Trinajstić information content (AvgIpc) is 1.98. The Balaban J connectivity index is 4.16. The van der Waals surface area contributed by atoms with Crippen LogP contribution in [0.4, 0.5) is 0 Å². The van der Waals surface area contributed by atoms with Gasteiger partial charge in [0.2, 0.25) is 0 Å². The molecule has 0 N–H and O–H groups in total. The maximum atomic E-state index is 12.9. The van der Waals surface area contributed by atoms with Crippen molar-refractivity contribution in [1.82, 2.24) is 0 Å². The topological polar surface area (TPSA) is 111 Å². The van der Waals surface area contributed by atoms with Crippen LogP contribution in [-0.4, -0.2) is 70.0 Å². The maximum Gasteiger partial charge on any atom is 0.306 e. The molecule has 0 saturated carbocycles. The van der Waals surface area contributed by atoms with Crippen LogP contribution in [0, 0.1) is 0 Å². The molecule has 0 heterocycles. The van der Waals surface area contributed by atoms with Crippen LogP contribution < -0.4 is 4.89 Å². The molecular weight excluding hydrogens is 1210 g/mol. The lowest BCUT2D eigenvalue weighted by atomic mass is 10.0. The van der Waals surface area contributed by atoms with E-state index in [-0.39, 0.29) is 26.1 Å². The van der Waals surface area contributed by atoms with Crippen molar-refractivity contribution in [3.05, 3.63) is 219 Å². The Morgan fingerprint density at radius 1 is 0.323 bits per heavy atom. The summed E-state index contributed by atoms with van der Waals surface area (Å²) in [6.07, 6.45) is 117. The number of carbonyl (C=O) groups excluding carboxylic acids is 2. The second kappa shape index (κ2) is 73.6. The van der Waals surface area contributed by atoms with Crippen molar-refractivity contribution in [2.24, 2.45) is 0 Å². The second-order valence-electron chi connectivity index (χ2n) is 25.2. The molecule has 0 aliphatic heterocycles. The van der Waals surface area contributed by atoms with Crippen molar-refractivity contribution < 1.29 is 42.1 Å². The van der Waals surface area contributed by atoms with E-state index in [1.165, 1.54) is 44.9 Å². The monoisotopic (exact) mass is 1340 g/mol. The molecule has 9 nitrogen and oxygen atoms in total. The summed E-state index contributed by atoms with van der Waals surface area (Å²) in [6.45, 7) is 3.96. The van der Waals surface area contributed by atoms with Gasteiger partial charge in [-0.25, -0.2) is 0 Å². The quantitative estimate of drug-likeness (QED) is 0.0195. The summed E-state index contributed by atoms with van der Waals surface area (Å²) >= 11 is 0. The Kier molecular flexibility index (Phi) is 69.2. The van der Waals surface area contributed by atoms with Gasteiger partial charge in [-0.15, -0.1) is 0 Å². The lowest BCUT2D eigenvalue weighted by Gasteiger charge is -2.28. The van der Waals surface area contributed by atoms with E-state index in [2.05, 4.69) is 233 Å². The first-order valence-corrected chi connectivity index (χ1v) is 38.9. The molecule has 0 radical (unpaired) electrons. The second-order valence-corrected chi connectivity index (χ2v) is 26.6. The molecule has 96 heavy (non-hydrogen) atoms. The molecule has 0 aromatic rings. The zero-order valence-corrected chi connectivity index (χ0v) is 62.1. The van der Waals surface area contributed by atoms with Gasteiger partial charge in [0, 0.05) is 12.8 Å². The Morgan fingerprint density at radius 3 is 0.833 bits per heavy atom. The number of phosphoric ester groups is 1. The summed E-state index contributed by atoms with van der Waals surface area (Å²) in [5.41, 5.74) is 0. The van der Waals surface area contributed by atoms with Gasteiger partial charge in [-0.05, 0) is 154 Å². The Bertz CT molecular complexity index is 2430. The predicted octanol–water partition coefficient (Wildman–Crippen LogP) is 24.5. The van der Waals surface area contributed by atoms with E-state index < -0.39 is 32.5 Å². The average molecular weight is 1340 g/mol. The number of carbonyl (C=O) groups is 2. The summed E-state index contributed by atoms with van der Waals surface area (Å²) in [4.78, 5) is 38.1. The van der Waals surface area contributed by atoms with Crippen LogP contribution in [0.3, 0.4) is 0 Å². The van der Waals surface area contributed by atoms with Crippen LogP contribution in [-0.2, 0) is 32.7 Å². The first-order valence-electron chi connectivity index (χ1n) is 37.4. The summed E-state index contributed by atoms with van der Waals surface area (Å²) in [5, 5.41) is 0. The van der Waals surface area contributed by atoms with E-state index in [4.69, 9.17) is 18.5 Å². The SMILES string of the molecule is CC/C=C\C/C=C\C/C=C\C/C=C\C/C=C\C/C=C\C/C=C\C/C=C\C/C=C\CCCCCCCCCCCCCC(=O)OC(COC(=O)CCCCCCC/C=C\C/C=C\C/C=C\C/C=C\C/C=C\C/C=C\C/C=C\C/C=C\C/C=C\CC)COP(=O)([O-])OCC[N+](C)(C)C. The molecule has 0 rings (SSSR count). The molecule has 0 aromatic heterocycles. The van der Waals surface area contributed by atoms with Gasteiger partial charge >= 0.3 is 11.9 Å². The van der Waals surface area contributed by atoms with E-state index in [1.807, 2.05) is 21.1 Å². The smallest absolute Gasteiger partial charge is 0.306 e. The van der Waals surface area contributed by atoms with Gasteiger partial charge in [-0.3, -0.25) is 14.2 Å². The molecule has 0 amide bonds. The van der Waals surface area contributed by atoms with Crippen LogP contribution in [0.25, 0.3) is 0 Å². The standard InChI is InChI=1S/C86H136NO8P/c1-6-8-10-12-14-16-18-20-22-24-26-28-30-32-34-36-38-40-41-42-43-44-45-47-49-51-53-55-57-59-61-63-65-67-69-71-73-75-77-79-86(89)95-84(83-94-96(90,91)93-81-80-87(3,4)5)82-92-85(88)78-76-74-72-70-68-66-64-62-60-58-56-54-52-50-48-46-39-37-35-33-31-29-27-25-23-21-19-17-15-13-11-9-7-2/h8-11,14-17,20-23,26-29,32-35,38-40,42-43,45-47,50-53,56,58,62,64,84H,6-7,12-13,18-19,24-25,30-31,36-37,41,44,48-49,54-55,57,59-61,63,65-83H2,1-5H3/b10-8-,11-9-,16-14-,17-15-,22-20-,23-21-,28-26-,29-27-,34-32-,35-33-,40-38-,43-42-,46-39-,47-45-,52-50-,53-51-,58-56-,64-62-. The fourth-order valence-corrected chi connectivity index (χ4v) is 10.1. The number of esters is 2. The Morgan fingerprint density at radius 2 is 0.562 bits per heavy atom. The molecule has 0 aliphatic carbocycles. The number of hydrogen-bond acceptors (Lipinski definition) is 8. The number of ether oxygens (including phenoxy) is 2. The minimum atomic E-state index is -4.67. The van der Waals surface area contributed by atoms with Crippen LogP contribution in [0.5, 0.6) is 0 Å². The number of quaternary nitrogens is 1. The van der Waals surface area contributed by atoms with Crippen LogP contribution in [0.15, 0.2) is 219 Å². The van der Waals surface area contributed by atoms with Gasteiger partial charge in [0.05, 0.1) is 27.7 Å². The van der Waals surface area contributed by atoms with Crippen molar-refractivity contribution in [3.63, 3.8) is 0 Å². The third-order valence-electron chi connectivity index (χ3n) is 15.0. The van der Waals surface area contributed by atoms with Gasteiger partial charge < -0.3 is 27.9 Å². The van der Waals surface area contributed by atoms with E-state index in [9.17, 15) is 19.0 Å². The molecule has 0 saturated heterocycles. The number of rotatable bonds is 66. The third kappa shape index (κ3) is 77.3. The summed E-state index contributed by atoms with van der Waals surface area (Å²) in [5.74, 6) is -0.873. The highest BCUT2D eigenvalue weighted by Crippen LogP contribution is 2.38. The normalized spacial score (nSPS) is 14.4. The predicted molar refractivity (Wildman–Crippen MR) is 415 cm³/mol. The van der Waals surface area contributed by atoms with E-state index in [1.54, 1.807) is 0 Å². The first kappa shape index (κ1) is 90.3. The van der Waals surface area contributed by atoms with Gasteiger partial charge in [-0.1, -0.05) is 310 Å². The van der Waals surface area contributed by atoms with Crippen LogP contribution >= 0.6 is 7.82 Å². The van der Waals surface area contributed by atoms with Crippen molar-refractivity contribution >= 4 is 19.8 Å². The number of nitrogens with zero attached hydrogens (tertiary/aromatic N) is 1. The number of phosphoric acid groups is 1. The molecule has 10 heteroatoms. The zero-order chi connectivity index (χ0) is 69.7. The number of likely N-dealkylation sites (N-methyl/N-ethyl adjacent to an activating group) is 1. The van der Waals surface area contributed by atoms with Gasteiger partial charge in [0.1, 0.15) is 19.8 Å². The largest absolute Gasteiger partial charge is 0.756 e. The molecule has 0 spiro atoms. The fraction of sp³-hybridized carbons (Fsp3) is 0.558. The zero-order valence-electron chi connectivity index (χ0n) is 61.2. The van der Waals surface area contributed by atoms with Crippen molar-refractivity contribution in [1.29, 1.82) is 0 Å². The lowest BCUT2D eigenvalue weighted by Crippen LogP contribution is -2.37. The Labute approximate surface area is 588 Å². The minimum absolute atomic E-state index is 0.0465. The summed E-state index contributed by atoms with van der Waals surface area (Å²) in [6, 6.07) is 0. The van der Waals surface area contributed by atoms with Crippen molar-refractivity contribution in [2.75, 3.05) is 47.5 Å². The van der Waals surface area contributed by atoms with E-state index in [0.29, 0.717) is 23.9 Å². The summed E-state index contributed by atoms with van der Waals surface area (Å²) < 4.78 is 34.3. The van der Waals surface area contributed by atoms with Crippen LogP contribution in [0.2, 0.25) is 0 Å². The van der Waals surface area contributed by atoms with E-state index >= 15 is 0 Å². The van der Waals surface area contributed by atoms with Gasteiger partial charge in [-0.2, -0.15) is 0 Å². The highest BCUT2D eigenvalue weighted by molar-refractivity contribution is 7.45.